The van der Waals surface area contributed by atoms with Crippen LogP contribution in [-0.2, 0) is 0 Å². The standard InChI is InChI=1S/C13H9FN2O/c14-9-3-1-2-8(6-9)13-11-7-10(15)4-5-12(11)16-17-13/h1-7H,15H2. The average molecular weight is 228 g/mol. The van der Waals surface area contributed by atoms with Gasteiger partial charge in [-0.05, 0) is 30.3 Å². The van der Waals surface area contributed by atoms with Gasteiger partial charge in [-0.2, -0.15) is 0 Å². The summed E-state index contributed by atoms with van der Waals surface area (Å²) in [5.74, 6) is 0.225. The van der Waals surface area contributed by atoms with Gasteiger partial charge in [-0.25, -0.2) is 4.39 Å². The molecule has 0 spiro atoms. The van der Waals surface area contributed by atoms with E-state index < -0.39 is 0 Å². The Balaban J connectivity index is 2.27. The molecule has 4 heteroatoms. The van der Waals surface area contributed by atoms with Crippen molar-refractivity contribution in [3.63, 3.8) is 0 Å². The van der Waals surface area contributed by atoms with Gasteiger partial charge < -0.3 is 10.3 Å². The Hall–Kier alpha value is -2.36. The van der Waals surface area contributed by atoms with Crippen molar-refractivity contribution in [2.45, 2.75) is 0 Å². The maximum atomic E-state index is 13.2. The summed E-state index contributed by atoms with van der Waals surface area (Å²) in [5.41, 5.74) is 7.70. The number of aromatic nitrogens is 1. The summed E-state index contributed by atoms with van der Waals surface area (Å²) in [6, 6.07) is 11.5. The van der Waals surface area contributed by atoms with Gasteiger partial charge in [0.1, 0.15) is 11.3 Å². The van der Waals surface area contributed by atoms with Crippen LogP contribution in [0.15, 0.2) is 47.0 Å². The van der Waals surface area contributed by atoms with Gasteiger partial charge in [0.15, 0.2) is 5.76 Å². The lowest BCUT2D eigenvalue weighted by Gasteiger charge is -1.97. The van der Waals surface area contributed by atoms with Crippen LogP contribution in [0.5, 0.6) is 0 Å². The molecule has 0 saturated carbocycles. The summed E-state index contributed by atoms with van der Waals surface area (Å²) in [6.45, 7) is 0. The smallest absolute Gasteiger partial charge is 0.174 e. The summed E-state index contributed by atoms with van der Waals surface area (Å²) >= 11 is 0. The zero-order valence-corrected chi connectivity index (χ0v) is 8.85. The Bertz CT molecular complexity index is 691. The van der Waals surface area contributed by atoms with E-state index in [1.807, 2.05) is 0 Å². The molecule has 0 unspecified atom stereocenters. The minimum atomic E-state index is -0.309. The van der Waals surface area contributed by atoms with Crippen molar-refractivity contribution in [1.29, 1.82) is 0 Å². The van der Waals surface area contributed by atoms with Crippen molar-refractivity contribution in [1.82, 2.24) is 5.16 Å². The topological polar surface area (TPSA) is 52.0 Å². The van der Waals surface area contributed by atoms with Crippen molar-refractivity contribution in [3.05, 3.63) is 48.3 Å². The lowest BCUT2D eigenvalue weighted by atomic mass is 10.1. The van der Waals surface area contributed by atoms with Gasteiger partial charge in [0.25, 0.3) is 0 Å². The van der Waals surface area contributed by atoms with E-state index in [1.165, 1.54) is 12.1 Å². The first-order valence-electron chi connectivity index (χ1n) is 5.15. The highest BCUT2D eigenvalue weighted by molar-refractivity contribution is 5.93. The fourth-order valence-electron chi connectivity index (χ4n) is 1.80. The highest BCUT2D eigenvalue weighted by Gasteiger charge is 2.11. The zero-order chi connectivity index (χ0) is 11.8. The predicted molar refractivity (Wildman–Crippen MR) is 63.8 cm³/mol. The van der Waals surface area contributed by atoms with E-state index in [9.17, 15) is 4.39 Å². The largest absolute Gasteiger partial charge is 0.399 e. The van der Waals surface area contributed by atoms with Crippen molar-refractivity contribution in [2.75, 3.05) is 5.73 Å². The van der Waals surface area contributed by atoms with Crippen LogP contribution in [0.25, 0.3) is 22.2 Å². The number of nitrogen functional groups attached to an aromatic ring is 1. The van der Waals surface area contributed by atoms with Gasteiger partial charge in [0.05, 0.1) is 5.39 Å². The first-order chi connectivity index (χ1) is 8.24. The van der Waals surface area contributed by atoms with Crippen LogP contribution >= 0.6 is 0 Å². The second-order valence-electron chi connectivity index (χ2n) is 3.80. The van der Waals surface area contributed by atoms with Gasteiger partial charge in [-0.1, -0.05) is 17.3 Å². The number of halogens is 1. The molecule has 3 aromatic rings. The van der Waals surface area contributed by atoms with Crippen LogP contribution in [0.4, 0.5) is 10.1 Å². The molecule has 17 heavy (non-hydrogen) atoms. The summed E-state index contributed by atoms with van der Waals surface area (Å²) in [6.07, 6.45) is 0. The summed E-state index contributed by atoms with van der Waals surface area (Å²) in [7, 11) is 0. The fraction of sp³-hybridized carbons (Fsp3) is 0. The van der Waals surface area contributed by atoms with Crippen molar-refractivity contribution in [3.8, 4) is 11.3 Å². The highest BCUT2D eigenvalue weighted by atomic mass is 19.1. The molecular formula is C13H9FN2O. The van der Waals surface area contributed by atoms with Crippen LogP contribution in [0.1, 0.15) is 0 Å². The minimum absolute atomic E-state index is 0.309. The van der Waals surface area contributed by atoms with Gasteiger partial charge in [0.2, 0.25) is 0 Å². The molecule has 3 nitrogen and oxygen atoms in total. The van der Waals surface area contributed by atoms with E-state index in [2.05, 4.69) is 5.16 Å². The molecular weight excluding hydrogens is 219 g/mol. The summed E-state index contributed by atoms with van der Waals surface area (Å²) in [5, 5.41) is 4.70. The van der Waals surface area contributed by atoms with Crippen LogP contribution in [0, 0.1) is 5.82 Å². The molecule has 1 aromatic heterocycles. The molecule has 0 atom stereocenters. The van der Waals surface area contributed by atoms with E-state index in [4.69, 9.17) is 10.3 Å². The molecule has 0 fully saturated rings. The third-order valence-corrected chi connectivity index (χ3v) is 2.59. The third-order valence-electron chi connectivity index (χ3n) is 2.59. The van der Waals surface area contributed by atoms with E-state index in [1.54, 1.807) is 30.3 Å². The number of rotatable bonds is 1. The Morgan fingerprint density at radius 2 is 2.00 bits per heavy atom. The lowest BCUT2D eigenvalue weighted by Crippen LogP contribution is -1.83. The number of nitrogens with zero attached hydrogens (tertiary/aromatic N) is 1. The Labute approximate surface area is 96.6 Å². The minimum Gasteiger partial charge on any atom is -0.399 e. The molecule has 0 aliphatic carbocycles. The lowest BCUT2D eigenvalue weighted by molar-refractivity contribution is 0.440. The van der Waals surface area contributed by atoms with E-state index >= 15 is 0 Å². The Kier molecular flexibility index (Phi) is 2.08. The summed E-state index contributed by atoms with van der Waals surface area (Å²) in [4.78, 5) is 0. The SMILES string of the molecule is Nc1ccc2noc(-c3cccc(F)c3)c2c1. The monoisotopic (exact) mass is 228 g/mol. The van der Waals surface area contributed by atoms with Crippen LogP contribution < -0.4 is 5.73 Å². The number of benzene rings is 2. The van der Waals surface area contributed by atoms with Crippen molar-refractivity contribution in [2.24, 2.45) is 0 Å². The fourth-order valence-corrected chi connectivity index (χ4v) is 1.80. The molecule has 0 aliphatic rings. The zero-order valence-electron chi connectivity index (χ0n) is 8.85. The molecule has 2 N–H and O–H groups in total. The maximum Gasteiger partial charge on any atom is 0.174 e. The molecule has 84 valence electrons. The number of fused-ring (bicyclic) bond motifs is 1. The van der Waals surface area contributed by atoms with Gasteiger partial charge >= 0.3 is 0 Å². The molecule has 0 radical (unpaired) electrons. The van der Waals surface area contributed by atoms with Gasteiger partial charge in [-0.15, -0.1) is 0 Å². The van der Waals surface area contributed by atoms with Crippen molar-refractivity contribution < 1.29 is 8.91 Å². The number of anilines is 1. The number of hydrogen-bond donors (Lipinski definition) is 1. The van der Waals surface area contributed by atoms with Gasteiger partial charge in [-0.3, -0.25) is 0 Å². The van der Waals surface area contributed by atoms with Gasteiger partial charge in [0, 0.05) is 11.3 Å². The van der Waals surface area contributed by atoms with E-state index in [0.29, 0.717) is 22.5 Å². The average Bonchev–Trinajstić information content (AvgIpc) is 2.71. The highest BCUT2D eigenvalue weighted by Crippen LogP contribution is 2.30. The van der Waals surface area contributed by atoms with Crippen LogP contribution in [0.3, 0.4) is 0 Å². The first-order valence-corrected chi connectivity index (χ1v) is 5.15. The molecule has 0 bridgehead atoms. The maximum absolute atomic E-state index is 13.2. The molecule has 0 amide bonds. The Morgan fingerprint density at radius 1 is 1.12 bits per heavy atom. The quantitative estimate of drug-likeness (QED) is 0.650. The van der Waals surface area contributed by atoms with E-state index in [0.717, 1.165) is 5.39 Å². The third kappa shape index (κ3) is 1.63. The number of hydrogen-bond acceptors (Lipinski definition) is 3. The molecule has 1 heterocycles. The van der Waals surface area contributed by atoms with Crippen molar-refractivity contribution >= 4 is 16.6 Å². The van der Waals surface area contributed by atoms with E-state index in [-0.39, 0.29) is 5.82 Å². The normalized spacial score (nSPS) is 10.9. The summed E-state index contributed by atoms with van der Waals surface area (Å²) < 4.78 is 18.4. The number of nitrogens with two attached hydrogens (primary N) is 1. The predicted octanol–water partition coefficient (Wildman–Crippen LogP) is 3.22. The van der Waals surface area contributed by atoms with Crippen LogP contribution in [0.2, 0.25) is 0 Å². The molecule has 2 aromatic carbocycles. The molecule has 0 aliphatic heterocycles. The van der Waals surface area contributed by atoms with Crippen LogP contribution in [-0.4, -0.2) is 5.16 Å². The molecule has 3 rings (SSSR count). The second-order valence-corrected chi connectivity index (χ2v) is 3.80. The second kappa shape index (κ2) is 3.59. The molecule has 0 saturated heterocycles. The Morgan fingerprint density at radius 3 is 2.82 bits per heavy atom. The first kappa shape index (κ1) is 9.84.